The van der Waals surface area contributed by atoms with Crippen LogP contribution in [0.1, 0.15) is 5.56 Å². The number of rotatable bonds is 4. The Kier molecular flexibility index (Phi) is 4.86. The second-order valence-electron chi connectivity index (χ2n) is 5.55. The van der Waals surface area contributed by atoms with Crippen molar-refractivity contribution < 1.29 is 4.39 Å². The number of halogens is 1. The Labute approximate surface area is 131 Å². The van der Waals surface area contributed by atoms with Gasteiger partial charge in [0.2, 0.25) is 0 Å². The van der Waals surface area contributed by atoms with Crippen LogP contribution in [0.25, 0.3) is 6.08 Å². The topological polar surface area (TPSA) is 6.48 Å². The summed E-state index contributed by atoms with van der Waals surface area (Å²) in [7, 11) is 0. The average Bonchev–Trinajstić information content (AvgIpc) is 2.57. The van der Waals surface area contributed by atoms with Crippen molar-refractivity contribution in [3.05, 3.63) is 72.1 Å². The highest BCUT2D eigenvalue weighted by atomic mass is 19.1. The molecule has 1 fully saturated rings. The van der Waals surface area contributed by atoms with E-state index in [0.29, 0.717) is 0 Å². The molecule has 3 heteroatoms. The van der Waals surface area contributed by atoms with Crippen molar-refractivity contribution >= 4 is 11.8 Å². The lowest BCUT2D eigenvalue weighted by atomic mass is 10.2. The maximum Gasteiger partial charge on any atom is 0.146 e. The summed E-state index contributed by atoms with van der Waals surface area (Å²) in [5.74, 6) is -0.125. The number of anilines is 1. The minimum Gasteiger partial charge on any atom is -0.367 e. The molecule has 114 valence electrons. The summed E-state index contributed by atoms with van der Waals surface area (Å²) in [5.41, 5.74) is 1.95. The molecule has 1 aliphatic rings. The minimum atomic E-state index is -0.125. The Hall–Kier alpha value is -2.13. The van der Waals surface area contributed by atoms with Crippen LogP contribution in [0.5, 0.6) is 0 Å². The van der Waals surface area contributed by atoms with Gasteiger partial charge in [0.1, 0.15) is 5.82 Å². The van der Waals surface area contributed by atoms with E-state index in [-0.39, 0.29) is 5.82 Å². The van der Waals surface area contributed by atoms with E-state index in [1.165, 1.54) is 11.6 Å². The molecule has 0 spiro atoms. The van der Waals surface area contributed by atoms with E-state index in [1.807, 2.05) is 30.3 Å². The standard InChI is InChI=1S/C19H21FN2/c20-18-10-4-5-11-19(18)22-15-13-21(14-16-22)12-6-9-17-7-2-1-3-8-17/h1-11H,12-16H2/b9-6-. The van der Waals surface area contributed by atoms with Crippen molar-refractivity contribution in [3.63, 3.8) is 0 Å². The summed E-state index contributed by atoms with van der Waals surface area (Å²) in [5, 5.41) is 0. The molecule has 3 rings (SSSR count). The van der Waals surface area contributed by atoms with Gasteiger partial charge in [-0.05, 0) is 17.7 Å². The molecular weight excluding hydrogens is 275 g/mol. The van der Waals surface area contributed by atoms with E-state index in [9.17, 15) is 4.39 Å². The fourth-order valence-electron chi connectivity index (χ4n) is 2.78. The van der Waals surface area contributed by atoms with Crippen molar-refractivity contribution in [1.29, 1.82) is 0 Å². The smallest absolute Gasteiger partial charge is 0.146 e. The quantitative estimate of drug-likeness (QED) is 0.849. The zero-order chi connectivity index (χ0) is 15.2. The molecule has 0 atom stereocenters. The van der Waals surface area contributed by atoms with Gasteiger partial charge in [0.15, 0.2) is 0 Å². The molecule has 2 aromatic carbocycles. The van der Waals surface area contributed by atoms with Crippen LogP contribution in [0.2, 0.25) is 0 Å². The SMILES string of the molecule is Fc1ccccc1N1CCN(C/C=C\c2ccccc2)CC1. The van der Waals surface area contributed by atoms with Crippen LogP contribution in [0, 0.1) is 5.82 Å². The second-order valence-corrected chi connectivity index (χ2v) is 5.55. The molecule has 0 saturated carbocycles. The molecule has 0 N–H and O–H groups in total. The molecule has 22 heavy (non-hydrogen) atoms. The van der Waals surface area contributed by atoms with Crippen LogP contribution in [0.4, 0.5) is 10.1 Å². The Morgan fingerprint density at radius 1 is 0.864 bits per heavy atom. The van der Waals surface area contributed by atoms with Gasteiger partial charge < -0.3 is 4.90 Å². The van der Waals surface area contributed by atoms with Gasteiger partial charge in [-0.1, -0.05) is 54.6 Å². The predicted octanol–water partition coefficient (Wildman–Crippen LogP) is 3.66. The summed E-state index contributed by atoms with van der Waals surface area (Å²) >= 11 is 0. The van der Waals surface area contributed by atoms with Gasteiger partial charge in [0.25, 0.3) is 0 Å². The molecule has 0 aliphatic carbocycles. The largest absolute Gasteiger partial charge is 0.367 e. The number of piperazine rings is 1. The molecule has 0 aromatic heterocycles. The second kappa shape index (κ2) is 7.23. The Balaban J connectivity index is 1.50. The third kappa shape index (κ3) is 3.74. The number of para-hydroxylation sites is 1. The highest BCUT2D eigenvalue weighted by Gasteiger charge is 2.18. The predicted molar refractivity (Wildman–Crippen MR) is 90.5 cm³/mol. The summed E-state index contributed by atoms with van der Waals surface area (Å²) in [4.78, 5) is 4.53. The molecular formula is C19H21FN2. The van der Waals surface area contributed by atoms with Gasteiger partial charge in [-0.25, -0.2) is 4.39 Å². The van der Waals surface area contributed by atoms with Gasteiger partial charge in [0, 0.05) is 32.7 Å². The van der Waals surface area contributed by atoms with Gasteiger partial charge in [-0.2, -0.15) is 0 Å². The fourth-order valence-corrected chi connectivity index (χ4v) is 2.78. The number of hydrogen-bond donors (Lipinski definition) is 0. The number of nitrogens with zero attached hydrogens (tertiary/aromatic N) is 2. The average molecular weight is 296 g/mol. The molecule has 0 radical (unpaired) electrons. The summed E-state index contributed by atoms with van der Waals surface area (Å²) in [6, 6.07) is 17.4. The van der Waals surface area contributed by atoms with E-state index < -0.39 is 0 Å². The minimum absolute atomic E-state index is 0.125. The number of benzene rings is 2. The first-order chi connectivity index (χ1) is 10.8. The van der Waals surface area contributed by atoms with Gasteiger partial charge in [-0.15, -0.1) is 0 Å². The highest BCUT2D eigenvalue weighted by Crippen LogP contribution is 2.20. The molecule has 0 amide bonds. The molecule has 2 nitrogen and oxygen atoms in total. The van der Waals surface area contributed by atoms with Crippen LogP contribution in [0.3, 0.4) is 0 Å². The van der Waals surface area contributed by atoms with Crippen LogP contribution in [0.15, 0.2) is 60.7 Å². The maximum atomic E-state index is 13.8. The van der Waals surface area contributed by atoms with Crippen molar-refractivity contribution in [2.24, 2.45) is 0 Å². The third-order valence-electron chi connectivity index (χ3n) is 4.04. The van der Waals surface area contributed by atoms with E-state index >= 15 is 0 Å². The molecule has 1 saturated heterocycles. The normalized spacial score (nSPS) is 16.3. The van der Waals surface area contributed by atoms with E-state index in [1.54, 1.807) is 6.07 Å². The first-order valence-corrected chi connectivity index (χ1v) is 7.76. The van der Waals surface area contributed by atoms with Crippen LogP contribution in [-0.4, -0.2) is 37.6 Å². The molecule has 0 bridgehead atoms. The van der Waals surface area contributed by atoms with Crippen LogP contribution < -0.4 is 4.90 Å². The van der Waals surface area contributed by atoms with E-state index in [2.05, 4.69) is 34.1 Å². The van der Waals surface area contributed by atoms with Gasteiger partial charge >= 0.3 is 0 Å². The Morgan fingerprint density at radius 3 is 2.27 bits per heavy atom. The summed E-state index contributed by atoms with van der Waals surface area (Å²) in [6.07, 6.45) is 4.36. The highest BCUT2D eigenvalue weighted by molar-refractivity contribution is 5.49. The monoisotopic (exact) mass is 296 g/mol. The molecule has 1 heterocycles. The molecule has 0 unspecified atom stereocenters. The summed E-state index contributed by atoms with van der Waals surface area (Å²) in [6.45, 7) is 4.63. The lowest BCUT2D eigenvalue weighted by Gasteiger charge is -2.35. The fraction of sp³-hybridized carbons (Fsp3) is 0.263. The first kappa shape index (κ1) is 14.8. The molecule has 2 aromatic rings. The van der Waals surface area contributed by atoms with Crippen LogP contribution in [-0.2, 0) is 0 Å². The van der Waals surface area contributed by atoms with Crippen molar-refractivity contribution in [2.75, 3.05) is 37.6 Å². The van der Waals surface area contributed by atoms with Crippen molar-refractivity contribution in [2.45, 2.75) is 0 Å². The van der Waals surface area contributed by atoms with E-state index in [0.717, 1.165) is 38.4 Å². The maximum absolute atomic E-state index is 13.8. The van der Waals surface area contributed by atoms with E-state index in [4.69, 9.17) is 0 Å². The number of hydrogen-bond acceptors (Lipinski definition) is 2. The lowest BCUT2D eigenvalue weighted by Crippen LogP contribution is -2.46. The van der Waals surface area contributed by atoms with Gasteiger partial charge in [0.05, 0.1) is 5.69 Å². The molecule has 1 aliphatic heterocycles. The first-order valence-electron chi connectivity index (χ1n) is 7.76. The zero-order valence-electron chi connectivity index (χ0n) is 12.7. The van der Waals surface area contributed by atoms with Crippen LogP contribution >= 0.6 is 0 Å². The lowest BCUT2D eigenvalue weighted by molar-refractivity contribution is 0.283. The summed E-state index contributed by atoms with van der Waals surface area (Å²) < 4.78 is 13.8. The van der Waals surface area contributed by atoms with Crippen molar-refractivity contribution in [1.82, 2.24) is 4.90 Å². The van der Waals surface area contributed by atoms with Gasteiger partial charge in [-0.3, -0.25) is 4.90 Å². The zero-order valence-corrected chi connectivity index (χ0v) is 12.7. The van der Waals surface area contributed by atoms with Crippen molar-refractivity contribution in [3.8, 4) is 0 Å². The third-order valence-corrected chi connectivity index (χ3v) is 4.04. The Morgan fingerprint density at radius 2 is 1.55 bits per heavy atom. The Bertz CT molecular complexity index is 616.